The van der Waals surface area contributed by atoms with Crippen molar-refractivity contribution in [1.29, 1.82) is 0 Å². The van der Waals surface area contributed by atoms with Crippen molar-refractivity contribution in [3.8, 4) is 0 Å². The number of hydrogen-bond donors (Lipinski definition) is 0. The average molecular weight is 631 g/mol. The van der Waals surface area contributed by atoms with Crippen LogP contribution in [0, 0.1) is 17.8 Å². The Morgan fingerprint density at radius 2 is 1.04 bits per heavy atom. The third-order valence-corrected chi connectivity index (χ3v) is 10.0. The van der Waals surface area contributed by atoms with Crippen molar-refractivity contribution in [1.82, 2.24) is 0 Å². The molecule has 0 saturated heterocycles. The molecule has 0 radical (unpaired) electrons. The summed E-state index contributed by atoms with van der Waals surface area (Å²) in [5.74, 6) is 3.45. The van der Waals surface area contributed by atoms with Gasteiger partial charge in [0.25, 0.3) is 0 Å². The first-order valence-electron chi connectivity index (χ1n) is 19.2. The van der Waals surface area contributed by atoms with Crippen LogP contribution in [0.3, 0.4) is 0 Å². The van der Waals surface area contributed by atoms with E-state index < -0.39 is 0 Å². The van der Waals surface area contributed by atoms with Crippen molar-refractivity contribution in [3.63, 3.8) is 0 Å². The third kappa shape index (κ3) is 14.3. The van der Waals surface area contributed by atoms with Gasteiger partial charge in [0.1, 0.15) is 0 Å². The predicted octanol–water partition coefficient (Wildman–Crippen LogP) is 14.6. The largest absolute Gasteiger partial charge is 0.0885 e. The normalized spacial score (nSPS) is 16.0. The molecule has 0 saturated carbocycles. The van der Waals surface area contributed by atoms with Crippen LogP contribution in [0.5, 0.6) is 0 Å². The molecule has 6 unspecified atom stereocenters. The van der Waals surface area contributed by atoms with Crippen LogP contribution in [0.4, 0.5) is 0 Å². The Hall–Kier alpha value is -3.12. The van der Waals surface area contributed by atoms with Gasteiger partial charge in [-0.15, -0.1) is 0 Å². The van der Waals surface area contributed by atoms with E-state index >= 15 is 0 Å². The van der Waals surface area contributed by atoms with E-state index in [-0.39, 0.29) is 0 Å². The summed E-state index contributed by atoms with van der Waals surface area (Å²) in [5, 5.41) is 0. The Bertz CT molecular complexity index is 1250. The summed E-state index contributed by atoms with van der Waals surface area (Å²) in [5.41, 5.74) is 4.50. The second kappa shape index (κ2) is 23.2. The van der Waals surface area contributed by atoms with E-state index in [1.54, 1.807) is 0 Å². The van der Waals surface area contributed by atoms with Gasteiger partial charge in [-0.2, -0.15) is 0 Å². The quantitative estimate of drug-likeness (QED) is 0.0915. The van der Waals surface area contributed by atoms with Gasteiger partial charge >= 0.3 is 0 Å². The van der Waals surface area contributed by atoms with Crippen LogP contribution < -0.4 is 0 Å². The molecule has 0 aliphatic carbocycles. The highest BCUT2D eigenvalue weighted by atomic mass is 14.3. The monoisotopic (exact) mass is 631 g/mol. The van der Waals surface area contributed by atoms with Crippen LogP contribution in [0.25, 0.3) is 0 Å². The van der Waals surface area contributed by atoms with E-state index in [2.05, 4.69) is 162 Å². The highest BCUT2D eigenvalue weighted by Gasteiger charge is 2.21. The topological polar surface area (TPSA) is 0 Å². The molecule has 0 amide bonds. The molecule has 0 heterocycles. The van der Waals surface area contributed by atoms with E-state index in [1.807, 2.05) is 0 Å². The van der Waals surface area contributed by atoms with Gasteiger partial charge < -0.3 is 0 Å². The number of allylic oxidation sites excluding steroid dienone is 6. The minimum absolute atomic E-state index is 0.504. The van der Waals surface area contributed by atoms with Crippen molar-refractivity contribution in [3.05, 3.63) is 144 Å². The molecule has 0 aliphatic rings. The zero-order valence-corrected chi connectivity index (χ0v) is 30.6. The Balaban J connectivity index is 1.80. The summed E-state index contributed by atoms with van der Waals surface area (Å²) in [6.07, 6.45) is 29.6. The summed E-state index contributed by atoms with van der Waals surface area (Å²) < 4.78 is 0. The summed E-state index contributed by atoms with van der Waals surface area (Å²) in [6.45, 7) is 11.7. The lowest BCUT2D eigenvalue weighted by Crippen LogP contribution is -2.12. The minimum Gasteiger partial charge on any atom is -0.0885 e. The second-order valence-corrected chi connectivity index (χ2v) is 14.0. The molecule has 3 aromatic carbocycles. The molecule has 0 heteroatoms. The molecular weight excluding hydrogens is 565 g/mol. The maximum atomic E-state index is 2.61. The smallest absolute Gasteiger partial charge is 0.00960 e. The highest BCUT2D eigenvalue weighted by Crippen LogP contribution is 2.36. The van der Waals surface area contributed by atoms with Crippen molar-refractivity contribution < 1.29 is 0 Å². The van der Waals surface area contributed by atoms with E-state index in [4.69, 9.17) is 0 Å². The van der Waals surface area contributed by atoms with Gasteiger partial charge in [0.2, 0.25) is 0 Å². The third-order valence-electron chi connectivity index (χ3n) is 10.0. The van der Waals surface area contributed by atoms with Crippen LogP contribution in [0.15, 0.2) is 127 Å². The lowest BCUT2D eigenvalue weighted by Gasteiger charge is -2.26. The van der Waals surface area contributed by atoms with E-state index in [0.29, 0.717) is 35.5 Å². The Kier molecular flexibility index (Phi) is 19.0. The number of benzene rings is 3. The van der Waals surface area contributed by atoms with Crippen molar-refractivity contribution in [2.75, 3.05) is 0 Å². The summed E-state index contributed by atoms with van der Waals surface area (Å²) in [4.78, 5) is 0. The van der Waals surface area contributed by atoms with Gasteiger partial charge in [0.05, 0.1) is 0 Å². The summed E-state index contributed by atoms with van der Waals surface area (Å²) in [7, 11) is 0. The molecule has 0 aromatic heterocycles. The molecule has 0 N–H and O–H groups in total. The first kappa shape index (κ1) is 38.3. The van der Waals surface area contributed by atoms with Crippen molar-refractivity contribution in [2.45, 2.75) is 129 Å². The maximum absolute atomic E-state index is 2.61. The standard InChI is InChI=1S/C47H66/c1-6-10-26-40(38-46(24-9-4)42-30-17-13-18-31-42)27-22-35-44(47(36-11-7-2)43-32-19-14-20-33-43)34-21-25-39(5)37-45(23-8-3)41-28-15-12-16-29-41/h10,12-22,25-26,28-33,35,39-40,44-47H,6-9,11,23-24,27,34,36-38H2,1-5H3. The molecule has 0 bridgehead atoms. The van der Waals surface area contributed by atoms with Gasteiger partial charge in [0.15, 0.2) is 0 Å². The van der Waals surface area contributed by atoms with Crippen LogP contribution >= 0.6 is 0 Å². The number of hydrogen-bond acceptors (Lipinski definition) is 0. The Morgan fingerprint density at radius 1 is 0.511 bits per heavy atom. The Labute approximate surface area is 290 Å². The van der Waals surface area contributed by atoms with Crippen LogP contribution in [-0.2, 0) is 0 Å². The minimum atomic E-state index is 0.504. The van der Waals surface area contributed by atoms with Gasteiger partial charge in [-0.1, -0.05) is 188 Å². The fourth-order valence-corrected chi connectivity index (χ4v) is 7.49. The molecule has 3 rings (SSSR count). The molecule has 0 nitrogen and oxygen atoms in total. The molecule has 0 fully saturated rings. The number of rotatable bonds is 23. The molecular formula is C47H66. The zero-order valence-electron chi connectivity index (χ0n) is 30.6. The van der Waals surface area contributed by atoms with Gasteiger partial charge in [-0.05, 0) is 104 Å². The molecule has 0 aliphatic heterocycles. The molecule has 47 heavy (non-hydrogen) atoms. The van der Waals surface area contributed by atoms with Crippen LogP contribution in [0.1, 0.15) is 146 Å². The molecule has 0 spiro atoms. The van der Waals surface area contributed by atoms with Gasteiger partial charge in [-0.3, -0.25) is 0 Å². The van der Waals surface area contributed by atoms with Crippen LogP contribution in [-0.4, -0.2) is 0 Å². The first-order chi connectivity index (χ1) is 23.1. The van der Waals surface area contributed by atoms with Crippen molar-refractivity contribution in [2.24, 2.45) is 17.8 Å². The number of unbranched alkanes of at least 4 members (excludes halogenated alkanes) is 1. The second-order valence-electron chi connectivity index (χ2n) is 14.0. The SMILES string of the molecule is CCC=CC(CC=CC(CC=CC(C)CC(CCC)c1ccccc1)C(CCCC)c1ccccc1)CC(CCC)c1ccccc1. The highest BCUT2D eigenvalue weighted by molar-refractivity contribution is 5.24. The zero-order chi connectivity index (χ0) is 33.5. The van der Waals surface area contributed by atoms with E-state index in [0.717, 1.165) is 19.3 Å². The molecule has 3 aromatic rings. The fraction of sp³-hybridized carbons (Fsp3) is 0.489. The lowest BCUT2D eigenvalue weighted by molar-refractivity contribution is 0.455. The molecule has 254 valence electrons. The van der Waals surface area contributed by atoms with Crippen molar-refractivity contribution >= 4 is 0 Å². The fourth-order valence-electron chi connectivity index (χ4n) is 7.49. The van der Waals surface area contributed by atoms with Gasteiger partial charge in [-0.25, -0.2) is 0 Å². The van der Waals surface area contributed by atoms with Crippen LogP contribution in [0.2, 0.25) is 0 Å². The first-order valence-corrected chi connectivity index (χ1v) is 19.2. The van der Waals surface area contributed by atoms with Gasteiger partial charge in [0, 0.05) is 0 Å². The average Bonchev–Trinajstić information content (AvgIpc) is 3.11. The summed E-state index contributed by atoms with van der Waals surface area (Å²) >= 11 is 0. The predicted molar refractivity (Wildman–Crippen MR) is 209 cm³/mol. The van der Waals surface area contributed by atoms with E-state index in [1.165, 1.54) is 74.5 Å². The lowest BCUT2D eigenvalue weighted by atomic mass is 9.79. The Morgan fingerprint density at radius 3 is 1.57 bits per heavy atom. The summed E-state index contributed by atoms with van der Waals surface area (Å²) in [6, 6.07) is 33.8. The molecule has 6 atom stereocenters. The van der Waals surface area contributed by atoms with E-state index in [9.17, 15) is 0 Å². The maximum Gasteiger partial charge on any atom is -0.00960 e.